The molecule has 1 aromatic carbocycles. The van der Waals surface area contributed by atoms with Crippen molar-refractivity contribution in [1.29, 1.82) is 0 Å². The highest BCUT2D eigenvalue weighted by molar-refractivity contribution is 5.67. The number of anilines is 2. The van der Waals surface area contributed by atoms with Crippen molar-refractivity contribution in [3.63, 3.8) is 0 Å². The van der Waals surface area contributed by atoms with E-state index in [2.05, 4.69) is 5.32 Å². The summed E-state index contributed by atoms with van der Waals surface area (Å²) in [6.07, 6.45) is 3.44. The predicted octanol–water partition coefficient (Wildman–Crippen LogP) is 2.70. The van der Waals surface area contributed by atoms with Gasteiger partial charge in [-0.15, -0.1) is 0 Å². The summed E-state index contributed by atoms with van der Waals surface area (Å²) in [5, 5.41) is 3.37. The first-order valence-corrected chi connectivity index (χ1v) is 5.95. The first-order chi connectivity index (χ1) is 8.10. The minimum Gasteiger partial charge on any atom is -0.397 e. The van der Waals surface area contributed by atoms with Crippen LogP contribution in [0.2, 0.25) is 0 Å². The van der Waals surface area contributed by atoms with E-state index in [0.29, 0.717) is 23.4 Å². The lowest BCUT2D eigenvalue weighted by Gasteiger charge is -2.17. The number of nitrogens with one attached hydrogen (secondary N) is 1. The monoisotopic (exact) mass is 238 g/mol. The highest BCUT2D eigenvalue weighted by Gasteiger charge is 2.24. The molecule has 0 spiro atoms. The fourth-order valence-corrected chi connectivity index (χ4v) is 2.33. The van der Waals surface area contributed by atoms with Gasteiger partial charge in [0, 0.05) is 13.2 Å². The molecule has 17 heavy (non-hydrogen) atoms. The van der Waals surface area contributed by atoms with Crippen LogP contribution in [0, 0.1) is 12.7 Å². The van der Waals surface area contributed by atoms with E-state index in [9.17, 15) is 4.39 Å². The molecular formula is C13H19FN2O. The van der Waals surface area contributed by atoms with E-state index in [0.717, 1.165) is 24.9 Å². The quantitative estimate of drug-likeness (QED) is 0.796. The Bertz CT molecular complexity index is 409. The summed E-state index contributed by atoms with van der Waals surface area (Å²) in [5.74, 6) is -0.255. The molecule has 94 valence electrons. The standard InChI is InChI=1S/C13H19FN2O/c1-8-5-13(12(15)7-11(8)14)16-9-3-4-10(6-9)17-2/h5,7,9-10,16H,3-4,6,15H2,1-2H3. The summed E-state index contributed by atoms with van der Waals surface area (Å²) in [5.41, 5.74) is 7.71. The Morgan fingerprint density at radius 2 is 2.18 bits per heavy atom. The molecule has 2 rings (SSSR count). The molecule has 0 aromatic heterocycles. The van der Waals surface area contributed by atoms with Gasteiger partial charge in [-0.05, 0) is 43.9 Å². The van der Waals surface area contributed by atoms with Crippen LogP contribution in [0.25, 0.3) is 0 Å². The number of hydrogen-bond acceptors (Lipinski definition) is 3. The van der Waals surface area contributed by atoms with Crippen LogP contribution in [0.4, 0.5) is 15.8 Å². The van der Waals surface area contributed by atoms with E-state index < -0.39 is 0 Å². The number of hydrogen-bond donors (Lipinski definition) is 2. The molecule has 3 nitrogen and oxygen atoms in total. The van der Waals surface area contributed by atoms with Crippen LogP contribution < -0.4 is 11.1 Å². The van der Waals surface area contributed by atoms with E-state index in [1.54, 1.807) is 20.1 Å². The molecule has 1 fully saturated rings. The number of rotatable bonds is 3. The Morgan fingerprint density at radius 3 is 2.82 bits per heavy atom. The van der Waals surface area contributed by atoms with Crippen molar-refractivity contribution in [3.05, 3.63) is 23.5 Å². The third-order valence-electron chi connectivity index (χ3n) is 3.41. The molecule has 0 saturated heterocycles. The van der Waals surface area contributed by atoms with Gasteiger partial charge >= 0.3 is 0 Å². The van der Waals surface area contributed by atoms with E-state index in [-0.39, 0.29) is 5.82 Å². The van der Waals surface area contributed by atoms with Crippen LogP contribution in [0.3, 0.4) is 0 Å². The number of nitrogens with two attached hydrogens (primary N) is 1. The lowest BCUT2D eigenvalue weighted by Crippen LogP contribution is -2.18. The summed E-state index contributed by atoms with van der Waals surface area (Å²) in [4.78, 5) is 0. The molecule has 0 bridgehead atoms. The van der Waals surface area contributed by atoms with Gasteiger partial charge in [0.05, 0.1) is 17.5 Å². The highest BCUT2D eigenvalue weighted by Crippen LogP contribution is 2.28. The zero-order valence-electron chi connectivity index (χ0n) is 10.3. The maximum absolute atomic E-state index is 13.3. The Hall–Kier alpha value is -1.29. The molecule has 1 aromatic rings. The number of aryl methyl sites for hydroxylation is 1. The van der Waals surface area contributed by atoms with Gasteiger partial charge in [0.1, 0.15) is 5.82 Å². The van der Waals surface area contributed by atoms with Gasteiger partial charge in [-0.3, -0.25) is 0 Å². The minimum absolute atomic E-state index is 0.255. The SMILES string of the molecule is COC1CCC(Nc2cc(C)c(F)cc2N)C1. The van der Waals surface area contributed by atoms with Crippen LogP contribution in [-0.4, -0.2) is 19.3 Å². The first-order valence-electron chi connectivity index (χ1n) is 5.95. The van der Waals surface area contributed by atoms with Crippen LogP contribution in [0.1, 0.15) is 24.8 Å². The Balaban J connectivity index is 2.06. The molecule has 3 N–H and O–H groups in total. The van der Waals surface area contributed by atoms with Crippen LogP contribution in [0.5, 0.6) is 0 Å². The van der Waals surface area contributed by atoms with Crippen LogP contribution in [-0.2, 0) is 4.74 Å². The minimum atomic E-state index is -0.255. The fourth-order valence-electron chi connectivity index (χ4n) is 2.33. The van der Waals surface area contributed by atoms with Crippen molar-refractivity contribution in [2.75, 3.05) is 18.2 Å². The third-order valence-corrected chi connectivity index (χ3v) is 3.41. The molecule has 1 saturated carbocycles. The largest absolute Gasteiger partial charge is 0.397 e. The van der Waals surface area contributed by atoms with Crippen molar-refractivity contribution in [2.24, 2.45) is 0 Å². The number of methoxy groups -OCH3 is 1. The van der Waals surface area contributed by atoms with E-state index in [4.69, 9.17) is 10.5 Å². The smallest absolute Gasteiger partial charge is 0.128 e. The second-order valence-electron chi connectivity index (χ2n) is 4.70. The Kier molecular flexibility index (Phi) is 3.52. The summed E-state index contributed by atoms with van der Waals surface area (Å²) in [7, 11) is 1.74. The molecule has 0 aliphatic heterocycles. The van der Waals surface area contributed by atoms with Crippen LogP contribution >= 0.6 is 0 Å². The predicted molar refractivity (Wildman–Crippen MR) is 67.6 cm³/mol. The van der Waals surface area contributed by atoms with Gasteiger partial charge in [-0.25, -0.2) is 4.39 Å². The van der Waals surface area contributed by atoms with Crippen molar-refractivity contribution in [1.82, 2.24) is 0 Å². The number of halogens is 1. The normalized spacial score (nSPS) is 23.9. The molecule has 2 atom stereocenters. The van der Waals surface area contributed by atoms with Gasteiger partial charge in [-0.1, -0.05) is 0 Å². The van der Waals surface area contributed by atoms with E-state index in [1.165, 1.54) is 6.07 Å². The zero-order chi connectivity index (χ0) is 12.4. The topological polar surface area (TPSA) is 47.3 Å². The molecule has 0 radical (unpaired) electrons. The lowest BCUT2D eigenvalue weighted by atomic mass is 10.1. The molecule has 1 aliphatic rings. The Morgan fingerprint density at radius 1 is 1.41 bits per heavy atom. The van der Waals surface area contributed by atoms with E-state index >= 15 is 0 Å². The summed E-state index contributed by atoms with van der Waals surface area (Å²) < 4.78 is 18.6. The Labute approximate surface area is 101 Å². The van der Waals surface area contributed by atoms with Crippen molar-refractivity contribution in [3.8, 4) is 0 Å². The lowest BCUT2D eigenvalue weighted by molar-refractivity contribution is 0.108. The number of nitrogen functional groups attached to an aromatic ring is 1. The molecule has 0 amide bonds. The average molecular weight is 238 g/mol. The molecule has 1 aliphatic carbocycles. The summed E-state index contributed by atoms with van der Waals surface area (Å²) in [6.45, 7) is 1.74. The van der Waals surface area contributed by atoms with Gasteiger partial charge in [-0.2, -0.15) is 0 Å². The maximum atomic E-state index is 13.3. The first kappa shape index (κ1) is 12.2. The number of ether oxygens (including phenoxy) is 1. The highest BCUT2D eigenvalue weighted by atomic mass is 19.1. The number of benzene rings is 1. The van der Waals surface area contributed by atoms with Gasteiger partial charge in [0.15, 0.2) is 0 Å². The summed E-state index contributed by atoms with van der Waals surface area (Å²) in [6, 6.07) is 3.51. The van der Waals surface area contributed by atoms with Gasteiger partial charge in [0.25, 0.3) is 0 Å². The maximum Gasteiger partial charge on any atom is 0.128 e. The van der Waals surface area contributed by atoms with Crippen molar-refractivity contribution < 1.29 is 9.13 Å². The van der Waals surface area contributed by atoms with Gasteiger partial charge in [0.2, 0.25) is 0 Å². The van der Waals surface area contributed by atoms with Crippen LogP contribution in [0.15, 0.2) is 12.1 Å². The van der Waals surface area contributed by atoms with Gasteiger partial charge < -0.3 is 15.8 Å². The molecule has 0 heterocycles. The molecule has 2 unspecified atom stereocenters. The second-order valence-corrected chi connectivity index (χ2v) is 4.70. The molecule has 4 heteroatoms. The average Bonchev–Trinajstić information content (AvgIpc) is 2.73. The zero-order valence-corrected chi connectivity index (χ0v) is 10.3. The second kappa shape index (κ2) is 4.92. The van der Waals surface area contributed by atoms with E-state index in [1.807, 2.05) is 0 Å². The fraction of sp³-hybridized carbons (Fsp3) is 0.538. The molecular weight excluding hydrogens is 219 g/mol. The summed E-state index contributed by atoms with van der Waals surface area (Å²) >= 11 is 0. The van der Waals surface area contributed by atoms with Crippen molar-refractivity contribution in [2.45, 2.75) is 38.3 Å². The van der Waals surface area contributed by atoms with Crippen molar-refractivity contribution >= 4 is 11.4 Å². The third kappa shape index (κ3) is 2.69.